The normalized spacial score (nSPS) is 23.3. The molecule has 1 aliphatic rings. The van der Waals surface area contributed by atoms with Crippen molar-refractivity contribution in [2.75, 3.05) is 25.4 Å². The van der Waals surface area contributed by atoms with Gasteiger partial charge in [-0.3, -0.25) is 0 Å². The molecule has 0 bridgehead atoms. The summed E-state index contributed by atoms with van der Waals surface area (Å²) in [7, 11) is 0. The van der Waals surface area contributed by atoms with E-state index < -0.39 is 0 Å². The van der Waals surface area contributed by atoms with Gasteiger partial charge in [-0.1, -0.05) is 0 Å². The van der Waals surface area contributed by atoms with Crippen LogP contribution in [0, 0.1) is 5.92 Å². The first-order chi connectivity index (χ1) is 6.24. The van der Waals surface area contributed by atoms with Crippen LogP contribution in [0.25, 0.3) is 0 Å². The third-order valence-electron chi connectivity index (χ3n) is 2.95. The minimum absolute atomic E-state index is 0.118. The lowest BCUT2D eigenvalue weighted by Gasteiger charge is -2.33. The van der Waals surface area contributed by atoms with E-state index in [4.69, 9.17) is 0 Å². The summed E-state index contributed by atoms with van der Waals surface area (Å²) in [4.78, 5) is 2.48. The maximum Gasteiger partial charge on any atom is 0.0541 e. The molecule has 1 heterocycles. The van der Waals surface area contributed by atoms with Crippen LogP contribution < -0.4 is 0 Å². The van der Waals surface area contributed by atoms with Crippen LogP contribution in [0.4, 0.5) is 0 Å². The van der Waals surface area contributed by atoms with Crippen molar-refractivity contribution >= 4 is 12.6 Å². The van der Waals surface area contributed by atoms with Crippen LogP contribution in [0.15, 0.2) is 0 Å². The predicted octanol–water partition coefficient (Wildman–Crippen LogP) is 1.40. The van der Waals surface area contributed by atoms with Gasteiger partial charge in [0.05, 0.1) is 6.10 Å². The van der Waals surface area contributed by atoms with E-state index in [1.54, 1.807) is 0 Å². The molecule has 0 spiro atoms. The van der Waals surface area contributed by atoms with Gasteiger partial charge in [0.25, 0.3) is 0 Å². The zero-order valence-corrected chi connectivity index (χ0v) is 9.34. The SMILES string of the molecule is CC(O)C1CCN(CCCS)CC1. The van der Waals surface area contributed by atoms with Crippen molar-refractivity contribution in [3.8, 4) is 0 Å². The molecule has 0 aliphatic carbocycles. The summed E-state index contributed by atoms with van der Waals surface area (Å²) in [5.74, 6) is 1.52. The summed E-state index contributed by atoms with van der Waals surface area (Å²) in [6.07, 6.45) is 3.38. The number of rotatable bonds is 4. The molecule has 1 N–H and O–H groups in total. The minimum atomic E-state index is -0.118. The van der Waals surface area contributed by atoms with Gasteiger partial charge in [-0.2, -0.15) is 12.6 Å². The first kappa shape index (κ1) is 11.3. The maximum absolute atomic E-state index is 9.41. The van der Waals surface area contributed by atoms with E-state index in [-0.39, 0.29) is 6.10 Å². The van der Waals surface area contributed by atoms with Crippen molar-refractivity contribution in [1.82, 2.24) is 4.90 Å². The number of nitrogens with zero attached hydrogens (tertiary/aromatic N) is 1. The summed E-state index contributed by atoms with van der Waals surface area (Å²) in [6.45, 7) is 5.40. The molecule has 1 saturated heterocycles. The van der Waals surface area contributed by atoms with Gasteiger partial charge >= 0.3 is 0 Å². The van der Waals surface area contributed by atoms with E-state index >= 15 is 0 Å². The standard InChI is InChI=1S/C10H21NOS/c1-9(12)10-3-6-11(7-4-10)5-2-8-13/h9-10,12-13H,2-8H2,1H3. The number of thiol groups is 1. The highest BCUT2D eigenvalue weighted by Gasteiger charge is 2.21. The zero-order chi connectivity index (χ0) is 9.68. The molecule has 0 aromatic heterocycles. The summed E-state index contributed by atoms with van der Waals surface area (Å²) in [5, 5.41) is 9.41. The zero-order valence-electron chi connectivity index (χ0n) is 8.45. The average Bonchev–Trinajstić information content (AvgIpc) is 2.15. The molecule has 1 fully saturated rings. The molecule has 1 rings (SSSR count). The van der Waals surface area contributed by atoms with Crippen molar-refractivity contribution in [2.24, 2.45) is 5.92 Å². The van der Waals surface area contributed by atoms with Crippen LogP contribution in [-0.2, 0) is 0 Å². The lowest BCUT2D eigenvalue weighted by molar-refractivity contribution is 0.0721. The molecule has 0 saturated carbocycles. The fourth-order valence-corrected chi connectivity index (χ4v) is 2.09. The molecule has 0 aromatic carbocycles. The van der Waals surface area contributed by atoms with Crippen LogP contribution >= 0.6 is 12.6 Å². The van der Waals surface area contributed by atoms with Crippen molar-refractivity contribution < 1.29 is 5.11 Å². The average molecular weight is 203 g/mol. The maximum atomic E-state index is 9.41. The second kappa shape index (κ2) is 5.89. The largest absolute Gasteiger partial charge is 0.393 e. The second-order valence-electron chi connectivity index (χ2n) is 4.00. The van der Waals surface area contributed by atoms with Crippen LogP contribution in [0.5, 0.6) is 0 Å². The molecule has 0 radical (unpaired) electrons. The molecule has 78 valence electrons. The number of hydrogen-bond donors (Lipinski definition) is 2. The summed E-state index contributed by atoms with van der Waals surface area (Å²) in [6, 6.07) is 0. The Morgan fingerprint density at radius 3 is 2.54 bits per heavy atom. The third kappa shape index (κ3) is 3.88. The van der Waals surface area contributed by atoms with Gasteiger partial charge in [-0.15, -0.1) is 0 Å². The van der Waals surface area contributed by atoms with E-state index in [1.807, 2.05) is 6.92 Å². The number of aliphatic hydroxyl groups excluding tert-OH is 1. The number of likely N-dealkylation sites (tertiary alicyclic amines) is 1. The van der Waals surface area contributed by atoms with Gasteiger partial charge in [0.1, 0.15) is 0 Å². The van der Waals surface area contributed by atoms with Crippen LogP contribution in [0.2, 0.25) is 0 Å². The Kier molecular flexibility index (Phi) is 5.14. The highest BCUT2D eigenvalue weighted by Crippen LogP contribution is 2.20. The van der Waals surface area contributed by atoms with Crippen molar-refractivity contribution in [2.45, 2.75) is 32.3 Å². The Hall–Kier alpha value is 0.270. The smallest absolute Gasteiger partial charge is 0.0541 e. The molecule has 1 atom stereocenters. The summed E-state index contributed by atoms with van der Waals surface area (Å²) in [5.41, 5.74) is 0. The lowest BCUT2D eigenvalue weighted by Crippen LogP contribution is -2.37. The minimum Gasteiger partial charge on any atom is -0.393 e. The van der Waals surface area contributed by atoms with Crippen LogP contribution in [-0.4, -0.2) is 41.5 Å². The Morgan fingerprint density at radius 2 is 2.08 bits per heavy atom. The molecule has 2 nitrogen and oxygen atoms in total. The Morgan fingerprint density at radius 1 is 1.46 bits per heavy atom. The Balaban J connectivity index is 2.15. The Bertz CT molecular complexity index is 133. The molecule has 13 heavy (non-hydrogen) atoms. The van der Waals surface area contributed by atoms with Gasteiger partial charge in [-0.05, 0) is 57.5 Å². The third-order valence-corrected chi connectivity index (χ3v) is 3.26. The second-order valence-corrected chi connectivity index (χ2v) is 4.44. The number of piperidine rings is 1. The quantitative estimate of drug-likeness (QED) is 0.675. The molecule has 1 aliphatic heterocycles. The van der Waals surface area contributed by atoms with E-state index in [9.17, 15) is 5.11 Å². The molecule has 0 amide bonds. The monoisotopic (exact) mass is 203 g/mol. The fraction of sp³-hybridized carbons (Fsp3) is 1.00. The highest BCUT2D eigenvalue weighted by atomic mass is 32.1. The first-order valence-corrected chi connectivity index (χ1v) is 5.88. The van der Waals surface area contributed by atoms with Gasteiger partial charge in [0, 0.05) is 0 Å². The lowest BCUT2D eigenvalue weighted by atomic mass is 9.92. The molecule has 1 unspecified atom stereocenters. The fourth-order valence-electron chi connectivity index (χ4n) is 1.95. The summed E-state index contributed by atoms with van der Waals surface area (Å²) < 4.78 is 0. The molecular formula is C10H21NOS. The van der Waals surface area contributed by atoms with Gasteiger partial charge in [0.15, 0.2) is 0 Å². The van der Waals surface area contributed by atoms with Crippen LogP contribution in [0.1, 0.15) is 26.2 Å². The predicted molar refractivity (Wildman–Crippen MR) is 59.3 cm³/mol. The summed E-state index contributed by atoms with van der Waals surface area (Å²) >= 11 is 4.20. The van der Waals surface area contributed by atoms with E-state index in [0.717, 1.165) is 31.7 Å². The number of aliphatic hydroxyl groups is 1. The first-order valence-electron chi connectivity index (χ1n) is 5.25. The number of hydrogen-bond acceptors (Lipinski definition) is 3. The van der Waals surface area contributed by atoms with Gasteiger partial charge in [0.2, 0.25) is 0 Å². The molecular weight excluding hydrogens is 182 g/mol. The van der Waals surface area contributed by atoms with Crippen molar-refractivity contribution in [3.05, 3.63) is 0 Å². The van der Waals surface area contributed by atoms with Crippen molar-refractivity contribution in [1.29, 1.82) is 0 Å². The molecule has 3 heteroatoms. The highest BCUT2D eigenvalue weighted by molar-refractivity contribution is 7.80. The van der Waals surface area contributed by atoms with Crippen molar-refractivity contribution in [3.63, 3.8) is 0 Å². The van der Waals surface area contributed by atoms with Crippen LogP contribution in [0.3, 0.4) is 0 Å². The Labute approximate surface area is 86.7 Å². The van der Waals surface area contributed by atoms with E-state index in [2.05, 4.69) is 17.5 Å². The van der Waals surface area contributed by atoms with E-state index in [0.29, 0.717) is 5.92 Å². The van der Waals surface area contributed by atoms with Gasteiger partial charge in [-0.25, -0.2) is 0 Å². The molecule has 0 aromatic rings. The van der Waals surface area contributed by atoms with Gasteiger partial charge < -0.3 is 10.0 Å². The van der Waals surface area contributed by atoms with E-state index in [1.165, 1.54) is 13.0 Å². The topological polar surface area (TPSA) is 23.5 Å².